The van der Waals surface area contributed by atoms with Crippen LogP contribution < -0.4 is 5.32 Å². The summed E-state index contributed by atoms with van der Waals surface area (Å²) < 4.78 is 0. The van der Waals surface area contributed by atoms with Crippen molar-refractivity contribution in [2.75, 3.05) is 5.32 Å². The standard InChI is InChI=1S/C16H23NO3/c1-10(2)16(5,15(19)20)9-14(18)17-13-8-6-7-11(3)12(13)4/h6-8,10H,9H2,1-5H3,(H,17,18)(H,19,20). The molecule has 2 N–H and O–H groups in total. The van der Waals surface area contributed by atoms with E-state index >= 15 is 0 Å². The number of carbonyl (C=O) groups excluding carboxylic acids is 1. The number of hydrogen-bond acceptors (Lipinski definition) is 2. The Morgan fingerprint density at radius 3 is 2.40 bits per heavy atom. The van der Waals surface area contributed by atoms with Crippen LogP contribution in [0.4, 0.5) is 5.69 Å². The first-order valence-corrected chi connectivity index (χ1v) is 6.78. The summed E-state index contributed by atoms with van der Waals surface area (Å²) in [6, 6.07) is 5.67. The third kappa shape index (κ3) is 3.38. The lowest BCUT2D eigenvalue weighted by molar-refractivity contribution is -0.153. The van der Waals surface area contributed by atoms with Crippen LogP contribution in [0.15, 0.2) is 18.2 Å². The smallest absolute Gasteiger partial charge is 0.310 e. The third-order valence-corrected chi connectivity index (χ3v) is 4.17. The summed E-state index contributed by atoms with van der Waals surface area (Å²) in [6.45, 7) is 9.16. The molecule has 0 heterocycles. The van der Waals surface area contributed by atoms with Gasteiger partial charge >= 0.3 is 5.97 Å². The second-order valence-corrected chi connectivity index (χ2v) is 5.85. The summed E-state index contributed by atoms with van der Waals surface area (Å²) in [7, 11) is 0. The molecule has 0 aliphatic heterocycles. The molecule has 0 fully saturated rings. The molecule has 110 valence electrons. The molecule has 4 nitrogen and oxygen atoms in total. The highest BCUT2D eigenvalue weighted by atomic mass is 16.4. The molecule has 1 unspecified atom stereocenters. The van der Waals surface area contributed by atoms with Crippen LogP contribution in [0.3, 0.4) is 0 Å². The molecule has 0 aliphatic rings. The molecular weight excluding hydrogens is 254 g/mol. The Hall–Kier alpha value is -1.84. The van der Waals surface area contributed by atoms with Gasteiger partial charge in [0.2, 0.25) is 5.91 Å². The van der Waals surface area contributed by atoms with Crippen LogP contribution in [-0.2, 0) is 9.59 Å². The van der Waals surface area contributed by atoms with Crippen LogP contribution >= 0.6 is 0 Å². The zero-order chi connectivity index (χ0) is 15.5. The van der Waals surface area contributed by atoms with Crippen molar-refractivity contribution in [2.24, 2.45) is 11.3 Å². The van der Waals surface area contributed by atoms with Crippen molar-refractivity contribution < 1.29 is 14.7 Å². The fourth-order valence-electron chi connectivity index (χ4n) is 1.94. The molecule has 0 radical (unpaired) electrons. The fraction of sp³-hybridized carbons (Fsp3) is 0.500. The second-order valence-electron chi connectivity index (χ2n) is 5.85. The predicted molar refractivity (Wildman–Crippen MR) is 79.7 cm³/mol. The lowest BCUT2D eigenvalue weighted by atomic mass is 9.76. The van der Waals surface area contributed by atoms with Gasteiger partial charge in [0.25, 0.3) is 0 Å². The highest BCUT2D eigenvalue weighted by Gasteiger charge is 2.38. The molecule has 0 saturated carbocycles. The molecule has 0 spiro atoms. The van der Waals surface area contributed by atoms with Gasteiger partial charge in [-0.05, 0) is 43.9 Å². The van der Waals surface area contributed by atoms with Crippen LogP contribution in [0.2, 0.25) is 0 Å². The summed E-state index contributed by atoms with van der Waals surface area (Å²) in [4.78, 5) is 23.5. The van der Waals surface area contributed by atoms with Gasteiger partial charge in [0.1, 0.15) is 0 Å². The number of aliphatic carboxylic acids is 1. The topological polar surface area (TPSA) is 66.4 Å². The van der Waals surface area contributed by atoms with Crippen molar-refractivity contribution in [3.8, 4) is 0 Å². The SMILES string of the molecule is Cc1cccc(NC(=O)CC(C)(C(=O)O)C(C)C)c1C. The van der Waals surface area contributed by atoms with E-state index in [9.17, 15) is 14.7 Å². The summed E-state index contributed by atoms with van der Waals surface area (Å²) >= 11 is 0. The van der Waals surface area contributed by atoms with Crippen molar-refractivity contribution in [3.05, 3.63) is 29.3 Å². The summed E-state index contributed by atoms with van der Waals surface area (Å²) in [5.74, 6) is -1.33. The van der Waals surface area contributed by atoms with Gasteiger partial charge in [-0.15, -0.1) is 0 Å². The first-order chi connectivity index (χ1) is 9.18. The molecular formula is C16H23NO3. The molecule has 1 aromatic rings. The molecule has 4 heteroatoms. The van der Waals surface area contributed by atoms with Crippen LogP contribution in [0.5, 0.6) is 0 Å². The lowest BCUT2D eigenvalue weighted by Gasteiger charge is -2.28. The van der Waals surface area contributed by atoms with E-state index in [1.165, 1.54) is 0 Å². The number of aryl methyl sites for hydroxylation is 1. The maximum atomic E-state index is 12.1. The predicted octanol–water partition coefficient (Wildman–Crippen LogP) is 3.38. The molecule has 0 aromatic heterocycles. The third-order valence-electron chi connectivity index (χ3n) is 4.17. The van der Waals surface area contributed by atoms with Gasteiger partial charge in [-0.2, -0.15) is 0 Å². The quantitative estimate of drug-likeness (QED) is 0.867. The van der Waals surface area contributed by atoms with Gasteiger partial charge < -0.3 is 10.4 Å². The van der Waals surface area contributed by atoms with Crippen molar-refractivity contribution in [3.63, 3.8) is 0 Å². The Labute approximate surface area is 120 Å². The zero-order valence-electron chi connectivity index (χ0n) is 12.8. The Morgan fingerprint density at radius 1 is 1.30 bits per heavy atom. The number of anilines is 1. The summed E-state index contributed by atoms with van der Waals surface area (Å²) in [5, 5.41) is 12.2. The highest BCUT2D eigenvalue weighted by Crippen LogP contribution is 2.32. The fourth-order valence-corrected chi connectivity index (χ4v) is 1.94. The van der Waals surface area contributed by atoms with Gasteiger partial charge in [0, 0.05) is 12.1 Å². The van der Waals surface area contributed by atoms with Crippen LogP contribution in [0.25, 0.3) is 0 Å². The summed E-state index contributed by atoms with van der Waals surface area (Å²) in [6.07, 6.45) is -0.0343. The lowest BCUT2D eigenvalue weighted by Crippen LogP contribution is -2.37. The van der Waals surface area contributed by atoms with E-state index in [-0.39, 0.29) is 18.2 Å². The molecule has 1 amide bonds. The number of carboxylic acids is 1. The minimum absolute atomic E-state index is 0.0343. The van der Waals surface area contributed by atoms with E-state index in [1.54, 1.807) is 6.92 Å². The minimum atomic E-state index is -1.05. The van der Waals surface area contributed by atoms with Crippen LogP contribution in [0.1, 0.15) is 38.3 Å². The van der Waals surface area contributed by atoms with E-state index < -0.39 is 11.4 Å². The van der Waals surface area contributed by atoms with E-state index in [0.717, 1.165) is 16.8 Å². The molecule has 0 saturated heterocycles. The molecule has 0 aliphatic carbocycles. The highest BCUT2D eigenvalue weighted by molar-refractivity contribution is 5.94. The van der Waals surface area contributed by atoms with Crippen molar-refractivity contribution in [1.29, 1.82) is 0 Å². The number of benzene rings is 1. The maximum absolute atomic E-state index is 12.1. The number of hydrogen-bond donors (Lipinski definition) is 2. The molecule has 0 bridgehead atoms. The number of nitrogens with one attached hydrogen (secondary N) is 1. The number of amides is 1. The monoisotopic (exact) mass is 277 g/mol. The van der Waals surface area contributed by atoms with Crippen LogP contribution in [-0.4, -0.2) is 17.0 Å². The van der Waals surface area contributed by atoms with E-state index in [2.05, 4.69) is 5.32 Å². The normalized spacial score (nSPS) is 13.9. The number of rotatable bonds is 5. The molecule has 1 rings (SSSR count). The van der Waals surface area contributed by atoms with Gasteiger partial charge in [-0.1, -0.05) is 26.0 Å². The average molecular weight is 277 g/mol. The van der Waals surface area contributed by atoms with E-state index in [1.807, 2.05) is 45.9 Å². The van der Waals surface area contributed by atoms with E-state index in [0.29, 0.717) is 0 Å². The van der Waals surface area contributed by atoms with Gasteiger partial charge in [-0.25, -0.2) is 0 Å². The Morgan fingerprint density at radius 2 is 1.90 bits per heavy atom. The first-order valence-electron chi connectivity index (χ1n) is 6.78. The van der Waals surface area contributed by atoms with Crippen molar-refractivity contribution >= 4 is 17.6 Å². The summed E-state index contributed by atoms with van der Waals surface area (Å²) in [5.41, 5.74) is 1.78. The Bertz CT molecular complexity index is 522. The number of carbonyl (C=O) groups is 2. The van der Waals surface area contributed by atoms with Crippen molar-refractivity contribution in [2.45, 2.75) is 41.0 Å². The maximum Gasteiger partial charge on any atom is 0.310 e. The first kappa shape index (κ1) is 16.2. The average Bonchev–Trinajstić information content (AvgIpc) is 2.34. The largest absolute Gasteiger partial charge is 0.481 e. The van der Waals surface area contributed by atoms with Crippen molar-refractivity contribution in [1.82, 2.24) is 0 Å². The Balaban J connectivity index is 2.87. The number of carboxylic acid groups (broad SMARTS) is 1. The van der Waals surface area contributed by atoms with Gasteiger partial charge in [0.15, 0.2) is 0 Å². The minimum Gasteiger partial charge on any atom is -0.481 e. The van der Waals surface area contributed by atoms with Crippen LogP contribution in [0, 0.1) is 25.2 Å². The molecule has 20 heavy (non-hydrogen) atoms. The molecule has 1 atom stereocenters. The van der Waals surface area contributed by atoms with E-state index in [4.69, 9.17) is 0 Å². The molecule has 1 aromatic carbocycles. The van der Waals surface area contributed by atoms with Gasteiger partial charge in [-0.3, -0.25) is 9.59 Å². The zero-order valence-corrected chi connectivity index (χ0v) is 12.8. The second kappa shape index (κ2) is 6.07. The van der Waals surface area contributed by atoms with Gasteiger partial charge in [0.05, 0.1) is 5.41 Å². The Kier molecular flexibility index (Phi) is 4.93.